The molecule has 102 valence electrons. The number of rotatable bonds is 7. The molecule has 6 heteroatoms. The van der Waals surface area contributed by atoms with Crippen LogP contribution in [-0.2, 0) is 4.74 Å². The highest BCUT2D eigenvalue weighted by molar-refractivity contribution is 4.86. The van der Waals surface area contributed by atoms with Crippen LogP contribution in [0.2, 0.25) is 0 Å². The van der Waals surface area contributed by atoms with Gasteiger partial charge in [0, 0.05) is 26.2 Å². The van der Waals surface area contributed by atoms with Crippen LogP contribution in [-0.4, -0.2) is 55.1 Å². The van der Waals surface area contributed by atoms with Gasteiger partial charge in [0.2, 0.25) is 0 Å². The zero-order valence-corrected chi connectivity index (χ0v) is 10.2. The lowest BCUT2D eigenvalue weighted by atomic mass is 10.1. The Balaban J connectivity index is 2.50. The number of hydrogen-bond acceptors (Lipinski definition) is 3. The van der Waals surface area contributed by atoms with Gasteiger partial charge in [0.25, 0.3) is 0 Å². The van der Waals surface area contributed by atoms with Gasteiger partial charge in [-0.15, -0.1) is 0 Å². The van der Waals surface area contributed by atoms with E-state index >= 15 is 0 Å². The fourth-order valence-corrected chi connectivity index (χ4v) is 1.87. The first-order chi connectivity index (χ1) is 7.86. The lowest BCUT2D eigenvalue weighted by Gasteiger charge is -2.31. The molecular formula is C11H20F3NO2. The van der Waals surface area contributed by atoms with Crippen LogP contribution >= 0.6 is 0 Å². The highest BCUT2D eigenvalue weighted by Crippen LogP contribution is 2.35. The normalized spacial score (nSPS) is 20.6. The van der Waals surface area contributed by atoms with Crippen LogP contribution in [0, 0.1) is 5.92 Å². The maximum Gasteiger partial charge on any atom is 0.415 e. The molecule has 0 aromatic rings. The number of aliphatic hydroxyl groups is 1. The Morgan fingerprint density at radius 2 is 2.00 bits per heavy atom. The smallest absolute Gasteiger partial charge is 0.383 e. The van der Waals surface area contributed by atoms with Crippen molar-refractivity contribution in [2.24, 2.45) is 5.92 Å². The second kappa shape index (κ2) is 6.02. The van der Waals surface area contributed by atoms with Gasteiger partial charge in [-0.2, -0.15) is 13.2 Å². The number of methoxy groups -OCH3 is 1. The monoisotopic (exact) mass is 255 g/mol. The van der Waals surface area contributed by atoms with Crippen molar-refractivity contribution in [3.8, 4) is 0 Å². The molecule has 0 saturated heterocycles. The van der Waals surface area contributed by atoms with Gasteiger partial charge in [-0.1, -0.05) is 0 Å². The van der Waals surface area contributed by atoms with E-state index < -0.39 is 12.3 Å². The molecule has 2 atom stereocenters. The first kappa shape index (κ1) is 14.7. The van der Waals surface area contributed by atoms with Crippen molar-refractivity contribution >= 4 is 0 Å². The summed E-state index contributed by atoms with van der Waals surface area (Å²) >= 11 is 0. The molecule has 1 N–H and O–H groups in total. The number of hydrogen-bond donors (Lipinski definition) is 1. The first-order valence-corrected chi connectivity index (χ1v) is 5.84. The minimum Gasteiger partial charge on any atom is -0.383 e. The maximum atomic E-state index is 12.3. The van der Waals surface area contributed by atoms with E-state index in [2.05, 4.69) is 0 Å². The van der Waals surface area contributed by atoms with E-state index in [4.69, 9.17) is 9.84 Å². The van der Waals surface area contributed by atoms with Crippen molar-refractivity contribution in [1.29, 1.82) is 0 Å². The van der Waals surface area contributed by atoms with Crippen molar-refractivity contribution < 1.29 is 23.0 Å². The lowest BCUT2D eigenvalue weighted by Crippen LogP contribution is -2.46. The second-order valence-electron chi connectivity index (χ2n) is 4.62. The van der Waals surface area contributed by atoms with Gasteiger partial charge in [0.15, 0.2) is 6.10 Å². The molecule has 0 amide bonds. The number of nitrogens with zero attached hydrogens (tertiary/aromatic N) is 1. The summed E-state index contributed by atoms with van der Waals surface area (Å²) in [5, 5.41) is 9.10. The van der Waals surface area contributed by atoms with Crippen LogP contribution in [0.15, 0.2) is 0 Å². The van der Waals surface area contributed by atoms with Gasteiger partial charge in [-0.05, 0) is 25.7 Å². The summed E-state index contributed by atoms with van der Waals surface area (Å²) in [7, 11) is 1.51. The second-order valence-corrected chi connectivity index (χ2v) is 4.62. The third-order valence-electron chi connectivity index (χ3n) is 3.25. The van der Waals surface area contributed by atoms with Crippen LogP contribution < -0.4 is 0 Å². The number of aliphatic hydroxyl groups excluding tert-OH is 1. The van der Waals surface area contributed by atoms with Crippen molar-refractivity contribution in [2.75, 3.05) is 26.8 Å². The van der Waals surface area contributed by atoms with Crippen LogP contribution in [0.1, 0.15) is 19.8 Å². The summed E-state index contributed by atoms with van der Waals surface area (Å²) in [6.45, 7) is 2.34. The molecule has 0 aromatic carbocycles. The Bertz CT molecular complexity index is 231. The molecule has 0 aliphatic heterocycles. The van der Waals surface area contributed by atoms with Crippen molar-refractivity contribution in [2.45, 2.75) is 38.1 Å². The number of alkyl halides is 3. The highest BCUT2D eigenvalue weighted by atomic mass is 19.4. The largest absolute Gasteiger partial charge is 0.415 e. The Kier molecular flexibility index (Phi) is 5.22. The van der Waals surface area contributed by atoms with Gasteiger partial charge < -0.3 is 9.84 Å². The van der Waals surface area contributed by atoms with Gasteiger partial charge in [-0.25, -0.2) is 0 Å². The predicted octanol–water partition coefficient (Wildman–Crippen LogP) is 1.66. The average molecular weight is 255 g/mol. The summed E-state index contributed by atoms with van der Waals surface area (Å²) in [4.78, 5) is 1.67. The Morgan fingerprint density at radius 1 is 1.41 bits per heavy atom. The molecule has 0 heterocycles. The predicted molar refractivity (Wildman–Crippen MR) is 57.7 cm³/mol. The molecule has 1 rings (SSSR count). The minimum absolute atomic E-state index is 0.0714. The van der Waals surface area contributed by atoms with E-state index in [9.17, 15) is 13.2 Å². The molecule has 17 heavy (non-hydrogen) atoms. The maximum absolute atomic E-state index is 12.3. The fraction of sp³-hybridized carbons (Fsp3) is 1.00. The molecule has 0 spiro atoms. The van der Waals surface area contributed by atoms with Gasteiger partial charge in [0.1, 0.15) is 0 Å². The molecular weight excluding hydrogens is 235 g/mol. The third-order valence-corrected chi connectivity index (χ3v) is 3.25. The summed E-state index contributed by atoms with van der Waals surface area (Å²) in [6, 6.07) is 0.0714. The summed E-state index contributed by atoms with van der Waals surface area (Å²) in [6.07, 6.45) is -4.70. The van der Waals surface area contributed by atoms with E-state index in [1.807, 2.05) is 6.92 Å². The van der Waals surface area contributed by atoms with Crippen molar-refractivity contribution in [3.63, 3.8) is 0 Å². The lowest BCUT2D eigenvalue weighted by molar-refractivity contribution is -0.209. The summed E-state index contributed by atoms with van der Waals surface area (Å²) in [5.41, 5.74) is 0. The van der Waals surface area contributed by atoms with E-state index in [0.29, 0.717) is 19.1 Å². The molecule has 0 radical (unpaired) electrons. The molecule has 1 saturated carbocycles. The van der Waals surface area contributed by atoms with Crippen molar-refractivity contribution in [3.05, 3.63) is 0 Å². The number of halogens is 3. The van der Waals surface area contributed by atoms with Gasteiger partial charge in [0.05, 0.1) is 6.61 Å². The summed E-state index contributed by atoms with van der Waals surface area (Å²) in [5.74, 6) is 0.465. The average Bonchev–Trinajstić information content (AvgIpc) is 3.05. The standard InChI is InChI=1S/C11H20F3NO2/c1-8(9-3-4-9)15(5-6-17-2)7-10(16)11(12,13)14/h8-10,16H,3-7H2,1-2H3. The Morgan fingerprint density at radius 3 is 2.41 bits per heavy atom. The molecule has 1 aliphatic carbocycles. The minimum atomic E-state index is -4.55. The SMILES string of the molecule is COCCN(CC(O)C(F)(F)F)C(C)C1CC1. The van der Waals surface area contributed by atoms with Crippen LogP contribution in [0.3, 0.4) is 0 Å². The molecule has 0 aromatic heterocycles. The third kappa shape index (κ3) is 4.81. The Labute approximate surface area is 99.5 Å². The molecule has 0 bridgehead atoms. The highest BCUT2D eigenvalue weighted by Gasteiger charge is 2.41. The zero-order chi connectivity index (χ0) is 13.1. The van der Waals surface area contributed by atoms with E-state index in [-0.39, 0.29) is 12.6 Å². The van der Waals surface area contributed by atoms with E-state index in [1.54, 1.807) is 4.90 Å². The molecule has 3 nitrogen and oxygen atoms in total. The van der Waals surface area contributed by atoms with Crippen LogP contribution in [0.5, 0.6) is 0 Å². The molecule has 2 unspecified atom stereocenters. The van der Waals surface area contributed by atoms with E-state index in [0.717, 1.165) is 12.8 Å². The fourth-order valence-electron chi connectivity index (χ4n) is 1.87. The van der Waals surface area contributed by atoms with Gasteiger partial charge in [-0.3, -0.25) is 4.90 Å². The molecule has 1 fully saturated rings. The molecule has 1 aliphatic rings. The topological polar surface area (TPSA) is 32.7 Å². The number of ether oxygens (including phenoxy) is 1. The zero-order valence-electron chi connectivity index (χ0n) is 10.2. The Hall–Kier alpha value is -0.330. The van der Waals surface area contributed by atoms with Crippen molar-refractivity contribution in [1.82, 2.24) is 4.90 Å². The first-order valence-electron chi connectivity index (χ1n) is 5.84. The quantitative estimate of drug-likeness (QED) is 0.751. The van der Waals surface area contributed by atoms with Crippen LogP contribution in [0.25, 0.3) is 0 Å². The van der Waals surface area contributed by atoms with E-state index in [1.165, 1.54) is 7.11 Å². The van der Waals surface area contributed by atoms with Gasteiger partial charge >= 0.3 is 6.18 Å². The summed E-state index contributed by atoms with van der Waals surface area (Å²) < 4.78 is 41.8. The van der Waals surface area contributed by atoms with Crippen LogP contribution in [0.4, 0.5) is 13.2 Å².